The van der Waals surface area contributed by atoms with Crippen molar-refractivity contribution >= 4 is 28.4 Å². The third-order valence-electron chi connectivity index (χ3n) is 5.04. The molecule has 1 saturated heterocycles. The summed E-state index contributed by atoms with van der Waals surface area (Å²) in [7, 11) is 0. The normalized spacial score (nSPS) is 17.4. The number of rotatable bonds is 4. The molecule has 5 heteroatoms. The minimum Gasteiger partial charge on any atom is -0.362 e. The fourth-order valence-electron chi connectivity index (χ4n) is 3.62. The number of thiocarbonyl (C=S) groups is 1. The van der Waals surface area contributed by atoms with Gasteiger partial charge in [-0.25, -0.2) is 4.98 Å². The Balaban J connectivity index is 1.34. The maximum absolute atomic E-state index is 5.64. The maximum atomic E-state index is 5.64. The van der Waals surface area contributed by atoms with Crippen LogP contribution >= 0.6 is 12.2 Å². The molecule has 134 valence electrons. The van der Waals surface area contributed by atoms with Crippen LogP contribution in [0.2, 0.25) is 0 Å². The van der Waals surface area contributed by atoms with Gasteiger partial charge in [0.25, 0.3) is 0 Å². The molecular formula is C21H24N4S. The molecule has 1 unspecified atom stereocenters. The Labute approximate surface area is 159 Å². The lowest BCUT2D eigenvalue weighted by atomic mass is 9.98. The van der Waals surface area contributed by atoms with Crippen LogP contribution in [0, 0.1) is 0 Å². The van der Waals surface area contributed by atoms with Crippen molar-refractivity contribution < 1.29 is 0 Å². The van der Waals surface area contributed by atoms with Crippen molar-refractivity contribution in [1.29, 1.82) is 0 Å². The highest BCUT2D eigenvalue weighted by atomic mass is 32.1. The molecule has 26 heavy (non-hydrogen) atoms. The molecule has 0 bridgehead atoms. The molecule has 4 nitrogen and oxygen atoms in total. The first kappa shape index (κ1) is 17.0. The zero-order chi connectivity index (χ0) is 17.8. The van der Waals surface area contributed by atoms with Crippen LogP contribution in [0.1, 0.15) is 30.1 Å². The fourth-order valence-corrected chi connectivity index (χ4v) is 3.89. The molecule has 1 atom stereocenters. The van der Waals surface area contributed by atoms with Crippen molar-refractivity contribution in [3.8, 4) is 0 Å². The average molecular weight is 365 g/mol. The minimum atomic E-state index is 0.407. The molecule has 0 saturated carbocycles. The Morgan fingerprint density at radius 2 is 1.96 bits per heavy atom. The molecule has 0 amide bonds. The van der Waals surface area contributed by atoms with E-state index in [9.17, 15) is 0 Å². The molecule has 0 aliphatic carbocycles. The molecule has 0 spiro atoms. The summed E-state index contributed by atoms with van der Waals surface area (Å²) in [5, 5.41) is 4.29. The first-order valence-electron chi connectivity index (χ1n) is 9.31. The monoisotopic (exact) mass is 364 g/mol. The van der Waals surface area contributed by atoms with Crippen LogP contribution in [-0.2, 0) is 6.42 Å². The zero-order valence-electron chi connectivity index (χ0n) is 14.8. The van der Waals surface area contributed by atoms with Crippen LogP contribution in [0.5, 0.6) is 0 Å². The number of fused-ring (bicyclic) bond motifs is 1. The fraction of sp³-hybridized carbons (Fsp3) is 0.333. The third kappa shape index (κ3) is 3.88. The Morgan fingerprint density at radius 3 is 2.81 bits per heavy atom. The van der Waals surface area contributed by atoms with Gasteiger partial charge in [0.05, 0.1) is 11.0 Å². The van der Waals surface area contributed by atoms with E-state index in [2.05, 4.69) is 51.6 Å². The van der Waals surface area contributed by atoms with Gasteiger partial charge in [0.15, 0.2) is 5.11 Å². The highest BCUT2D eigenvalue weighted by molar-refractivity contribution is 7.80. The van der Waals surface area contributed by atoms with E-state index in [1.807, 2.05) is 18.2 Å². The summed E-state index contributed by atoms with van der Waals surface area (Å²) in [5.74, 6) is 1.49. The van der Waals surface area contributed by atoms with Crippen LogP contribution in [0.3, 0.4) is 0 Å². The summed E-state index contributed by atoms with van der Waals surface area (Å²) >= 11 is 5.64. The number of imidazole rings is 1. The molecule has 2 aromatic carbocycles. The number of hydrogen-bond acceptors (Lipinski definition) is 2. The summed E-state index contributed by atoms with van der Waals surface area (Å²) in [6, 6.07) is 18.7. The maximum Gasteiger partial charge on any atom is 0.168 e. The van der Waals surface area contributed by atoms with E-state index in [-0.39, 0.29) is 0 Å². The average Bonchev–Trinajstić information content (AvgIpc) is 3.13. The zero-order valence-corrected chi connectivity index (χ0v) is 15.6. The van der Waals surface area contributed by atoms with E-state index in [0.717, 1.165) is 60.9 Å². The van der Waals surface area contributed by atoms with Gasteiger partial charge >= 0.3 is 0 Å². The number of nitrogens with one attached hydrogen (secondary N) is 2. The number of hydrogen-bond donors (Lipinski definition) is 2. The van der Waals surface area contributed by atoms with E-state index >= 15 is 0 Å². The number of H-pyrrole nitrogens is 1. The largest absolute Gasteiger partial charge is 0.362 e. The van der Waals surface area contributed by atoms with Gasteiger partial charge in [-0.05, 0) is 49.2 Å². The number of para-hydroxylation sites is 2. The Bertz CT molecular complexity index is 841. The quantitative estimate of drug-likeness (QED) is 0.690. The summed E-state index contributed by atoms with van der Waals surface area (Å²) in [4.78, 5) is 10.6. The minimum absolute atomic E-state index is 0.407. The highest BCUT2D eigenvalue weighted by Gasteiger charge is 2.25. The third-order valence-corrected chi connectivity index (χ3v) is 5.44. The van der Waals surface area contributed by atoms with Crippen LogP contribution in [0.15, 0.2) is 54.6 Å². The molecule has 1 aliphatic heterocycles. The number of aromatic amines is 1. The lowest BCUT2D eigenvalue weighted by Crippen LogP contribution is -2.45. The molecule has 2 heterocycles. The topological polar surface area (TPSA) is 44.0 Å². The second kappa shape index (κ2) is 7.87. The van der Waals surface area contributed by atoms with Gasteiger partial charge in [-0.1, -0.05) is 42.5 Å². The van der Waals surface area contributed by atoms with Crippen molar-refractivity contribution in [2.24, 2.45) is 0 Å². The Morgan fingerprint density at radius 1 is 1.15 bits per heavy atom. The number of aromatic nitrogens is 2. The van der Waals surface area contributed by atoms with E-state index < -0.39 is 0 Å². The van der Waals surface area contributed by atoms with Crippen molar-refractivity contribution in [2.75, 3.05) is 19.6 Å². The van der Waals surface area contributed by atoms with Crippen molar-refractivity contribution in [3.63, 3.8) is 0 Å². The lowest BCUT2D eigenvalue weighted by Gasteiger charge is -2.33. The molecule has 2 N–H and O–H groups in total. The Kier molecular flexibility index (Phi) is 5.16. The molecule has 4 rings (SSSR count). The first-order valence-corrected chi connectivity index (χ1v) is 9.72. The molecule has 3 aromatic rings. The van der Waals surface area contributed by atoms with Crippen LogP contribution < -0.4 is 5.32 Å². The number of benzene rings is 2. The molecule has 1 fully saturated rings. The lowest BCUT2D eigenvalue weighted by molar-refractivity contribution is 0.300. The van der Waals surface area contributed by atoms with Gasteiger partial charge in [0.1, 0.15) is 5.82 Å². The molecule has 1 aromatic heterocycles. The number of likely N-dealkylation sites (tertiary alicyclic amines) is 1. The second-order valence-corrected chi connectivity index (χ2v) is 7.28. The van der Waals surface area contributed by atoms with E-state index in [1.165, 1.54) is 5.56 Å². The predicted octanol–water partition coefficient (Wildman–Crippen LogP) is 3.86. The summed E-state index contributed by atoms with van der Waals surface area (Å²) in [5.41, 5.74) is 3.49. The summed E-state index contributed by atoms with van der Waals surface area (Å²) in [6.45, 7) is 2.82. The Hall–Kier alpha value is -2.40. The summed E-state index contributed by atoms with van der Waals surface area (Å²) < 4.78 is 0. The van der Waals surface area contributed by atoms with Crippen LogP contribution in [0.4, 0.5) is 0 Å². The van der Waals surface area contributed by atoms with Crippen molar-refractivity contribution in [3.05, 3.63) is 66.0 Å². The highest BCUT2D eigenvalue weighted by Crippen LogP contribution is 2.26. The standard InChI is InChI=1S/C21H24N4S/c26-21(22-13-12-16-7-2-1-3-8-16)25-14-6-9-17(15-25)20-23-18-10-4-5-11-19(18)24-20/h1-5,7-8,10-11,17H,6,9,12-15H2,(H,22,26)(H,23,24). The smallest absolute Gasteiger partial charge is 0.168 e. The van der Waals surface area contributed by atoms with E-state index in [1.54, 1.807) is 0 Å². The molecule has 1 aliphatic rings. The van der Waals surface area contributed by atoms with Gasteiger partial charge in [0.2, 0.25) is 0 Å². The van der Waals surface area contributed by atoms with Gasteiger partial charge in [-0.2, -0.15) is 0 Å². The predicted molar refractivity (Wildman–Crippen MR) is 110 cm³/mol. The number of piperidine rings is 1. The van der Waals surface area contributed by atoms with Crippen LogP contribution in [-0.4, -0.2) is 39.6 Å². The first-order chi connectivity index (χ1) is 12.8. The summed E-state index contributed by atoms with van der Waals surface area (Å²) in [6.07, 6.45) is 3.28. The molecular weight excluding hydrogens is 340 g/mol. The van der Waals surface area contributed by atoms with Gasteiger partial charge in [-0.3, -0.25) is 0 Å². The van der Waals surface area contributed by atoms with E-state index in [4.69, 9.17) is 17.2 Å². The van der Waals surface area contributed by atoms with Gasteiger partial charge in [0, 0.05) is 25.6 Å². The molecule has 0 radical (unpaired) electrons. The SMILES string of the molecule is S=C(NCCc1ccccc1)N1CCCC(c2nc3ccccc3[nH]2)C1. The second-order valence-electron chi connectivity index (χ2n) is 6.89. The van der Waals surface area contributed by atoms with Gasteiger partial charge in [-0.15, -0.1) is 0 Å². The van der Waals surface area contributed by atoms with Crippen molar-refractivity contribution in [2.45, 2.75) is 25.2 Å². The number of nitrogens with zero attached hydrogens (tertiary/aromatic N) is 2. The van der Waals surface area contributed by atoms with Crippen LogP contribution in [0.25, 0.3) is 11.0 Å². The van der Waals surface area contributed by atoms with Gasteiger partial charge < -0.3 is 15.2 Å². The van der Waals surface area contributed by atoms with E-state index in [0.29, 0.717) is 5.92 Å². The van der Waals surface area contributed by atoms with Crippen molar-refractivity contribution in [1.82, 2.24) is 20.2 Å².